The van der Waals surface area contributed by atoms with Gasteiger partial charge in [-0.05, 0) is 30.3 Å². The lowest BCUT2D eigenvalue weighted by atomic mass is 10.1. The molecule has 1 aliphatic rings. The van der Waals surface area contributed by atoms with Crippen molar-refractivity contribution < 1.29 is 4.42 Å². The molecule has 4 heterocycles. The zero-order valence-electron chi connectivity index (χ0n) is 15.0. The highest BCUT2D eigenvalue weighted by molar-refractivity contribution is 5.96. The molecule has 1 saturated heterocycles. The molecule has 3 aromatic heterocycles. The van der Waals surface area contributed by atoms with E-state index in [0.717, 1.165) is 48.4 Å². The van der Waals surface area contributed by atoms with E-state index in [9.17, 15) is 0 Å². The predicted molar refractivity (Wildman–Crippen MR) is 108 cm³/mol. The zero-order valence-corrected chi connectivity index (χ0v) is 15.0. The number of fused-ring (bicyclic) bond motifs is 1. The van der Waals surface area contributed by atoms with E-state index in [1.807, 2.05) is 49.1 Å². The molecule has 4 aromatic rings. The van der Waals surface area contributed by atoms with Crippen molar-refractivity contribution in [3.63, 3.8) is 0 Å². The van der Waals surface area contributed by atoms with Crippen molar-refractivity contribution >= 4 is 22.3 Å². The minimum absolute atomic E-state index is 0.895. The molecular formula is C22H20N4O. The highest BCUT2D eigenvalue weighted by Crippen LogP contribution is 2.35. The summed E-state index contributed by atoms with van der Waals surface area (Å²) in [4.78, 5) is 13.6. The molecule has 1 aliphatic heterocycles. The van der Waals surface area contributed by atoms with Crippen LogP contribution in [0.15, 0.2) is 77.8 Å². The van der Waals surface area contributed by atoms with Crippen LogP contribution in [0.1, 0.15) is 0 Å². The van der Waals surface area contributed by atoms with Gasteiger partial charge in [-0.1, -0.05) is 18.2 Å². The van der Waals surface area contributed by atoms with E-state index in [1.165, 1.54) is 11.4 Å². The van der Waals surface area contributed by atoms with Crippen LogP contribution in [0.4, 0.5) is 11.4 Å². The van der Waals surface area contributed by atoms with Crippen molar-refractivity contribution in [2.75, 3.05) is 36.0 Å². The summed E-state index contributed by atoms with van der Waals surface area (Å²) in [5, 5.41) is 1.10. The van der Waals surface area contributed by atoms with E-state index >= 15 is 0 Å². The molecule has 1 fully saturated rings. The molecule has 134 valence electrons. The van der Waals surface area contributed by atoms with Gasteiger partial charge < -0.3 is 14.2 Å². The summed E-state index contributed by atoms with van der Waals surface area (Å²) < 4.78 is 5.75. The van der Waals surface area contributed by atoms with Gasteiger partial charge in [-0.2, -0.15) is 0 Å². The van der Waals surface area contributed by atoms with Crippen LogP contribution in [0.3, 0.4) is 0 Å². The SMILES string of the molecule is c1cnc(-c2coc3ccccc23)c(N2CCN(c3ccncc3)CC2)c1. The fourth-order valence-electron chi connectivity index (χ4n) is 3.78. The van der Waals surface area contributed by atoms with Crippen LogP contribution >= 0.6 is 0 Å². The third-order valence-electron chi connectivity index (χ3n) is 5.17. The number of hydrogen-bond acceptors (Lipinski definition) is 5. The Bertz CT molecular complexity index is 1050. The first-order valence-corrected chi connectivity index (χ1v) is 9.22. The summed E-state index contributed by atoms with van der Waals surface area (Å²) in [6.45, 7) is 3.86. The Morgan fingerprint density at radius 1 is 0.778 bits per heavy atom. The maximum absolute atomic E-state index is 5.75. The Morgan fingerprint density at radius 2 is 1.56 bits per heavy atom. The topological polar surface area (TPSA) is 45.4 Å². The molecule has 0 aliphatic carbocycles. The number of anilines is 2. The van der Waals surface area contributed by atoms with E-state index < -0.39 is 0 Å². The number of rotatable bonds is 3. The lowest BCUT2D eigenvalue weighted by Gasteiger charge is -2.37. The van der Waals surface area contributed by atoms with E-state index in [0.29, 0.717) is 0 Å². The first-order valence-electron chi connectivity index (χ1n) is 9.22. The van der Waals surface area contributed by atoms with E-state index in [1.54, 1.807) is 0 Å². The van der Waals surface area contributed by atoms with Crippen molar-refractivity contribution in [3.05, 3.63) is 73.4 Å². The van der Waals surface area contributed by atoms with Gasteiger partial charge in [0.05, 0.1) is 11.4 Å². The smallest absolute Gasteiger partial charge is 0.134 e. The summed E-state index contributed by atoms with van der Waals surface area (Å²) in [5.41, 5.74) is 5.33. The molecule has 0 atom stereocenters. The van der Waals surface area contributed by atoms with Gasteiger partial charge >= 0.3 is 0 Å². The highest BCUT2D eigenvalue weighted by Gasteiger charge is 2.22. The summed E-state index contributed by atoms with van der Waals surface area (Å²) in [6, 6.07) is 16.4. The fraction of sp³-hybridized carbons (Fsp3) is 0.182. The van der Waals surface area contributed by atoms with Crippen LogP contribution in [0.5, 0.6) is 0 Å². The van der Waals surface area contributed by atoms with E-state index in [-0.39, 0.29) is 0 Å². The third-order valence-corrected chi connectivity index (χ3v) is 5.17. The second kappa shape index (κ2) is 6.76. The van der Waals surface area contributed by atoms with Gasteiger partial charge in [0.15, 0.2) is 0 Å². The maximum atomic E-state index is 5.75. The van der Waals surface area contributed by atoms with Gasteiger partial charge in [0.1, 0.15) is 11.8 Å². The van der Waals surface area contributed by atoms with Crippen LogP contribution in [0, 0.1) is 0 Å². The number of nitrogens with zero attached hydrogens (tertiary/aromatic N) is 4. The molecule has 0 N–H and O–H groups in total. The van der Waals surface area contributed by atoms with E-state index in [2.05, 4.69) is 39.0 Å². The van der Waals surface area contributed by atoms with Crippen molar-refractivity contribution in [1.82, 2.24) is 9.97 Å². The Morgan fingerprint density at radius 3 is 2.41 bits per heavy atom. The summed E-state index contributed by atoms with van der Waals surface area (Å²) in [6.07, 6.45) is 7.38. The molecule has 0 saturated carbocycles. The molecule has 0 bridgehead atoms. The van der Waals surface area contributed by atoms with Gasteiger partial charge in [-0.3, -0.25) is 9.97 Å². The second-order valence-electron chi connectivity index (χ2n) is 6.70. The van der Waals surface area contributed by atoms with Gasteiger partial charge in [0.25, 0.3) is 0 Å². The lowest BCUT2D eigenvalue weighted by molar-refractivity contribution is 0.616. The number of furan rings is 1. The normalized spacial score (nSPS) is 14.7. The molecule has 0 amide bonds. The highest BCUT2D eigenvalue weighted by atomic mass is 16.3. The average Bonchev–Trinajstić information content (AvgIpc) is 3.19. The summed E-state index contributed by atoms with van der Waals surface area (Å²) >= 11 is 0. The van der Waals surface area contributed by atoms with Crippen molar-refractivity contribution in [2.24, 2.45) is 0 Å². The van der Waals surface area contributed by atoms with Crippen LogP contribution in [-0.2, 0) is 0 Å². The Balaban J connectivity index is 1.44. The zero-order chi connectivity index (χ0) is 18.1. The quantitative estimate of drug-likeness (QED) is 0.550. The molecule has 0 spiro atoms. The molecule has 27 heavy (non-hydrogen) atoms. The molecule has 0 unspecified atom stereocenters. The summed E-state index contributed by atoms with van der Waals surface area (Å²) in [5.74, 6) is 0. The Hall–Kier alpha value is -3.34. The number of benzene rings is 1. The average molecular weight is 356 g/mol. The van der Waals surface area contributed by atoms with Crippen molar-refractivity contribution in [3.8, 4) is 11.3 Å². The number of para-hydroxylation sites is 1. The monoisotopic (exact) mass is 356 g/mol. The fourth-order valence-corrected chi connectivity index (χ4v) is 3.78. The predicted octanol–water partition coefficient (Wildman–Crippen LogP) is 4.22. The summed E-state index contributed by atoms with van der Waals surface area (Å²) in [7, 11) is 0. The van der Waals surface area contributed by atoms with E-state index in [4.69, 9.17) is 9.40 Å². The van der Waals surface area contributed by atoms with Gasteiger partial charge in [-0.25, -0.2) is 0 Å². The minimum atomic E-state index is 0.895. The number of hydrogen-bond donors (Lipinski definition) is 0. The third kappa shape index (κ3) is 2.91. The number of piperazine rings is 1. The Labute approximate surface area is 157 Å². The lowest BCUT2D eigenvalue weighted by Crippen LogP contribution is -2.46. The minimum Gasteiger partial charge on any atom is -0.464 e. The standard InChI is InChI=1S/C22H20N4O/c1-2-6-21-18(4-1)19(16-27-21)22-20(5-3-9-24-22)26-14-12-25(13-15-26)17-7-10-23-11-8-17/h1-11,16H,12-15H2. The number of aromatic nitrogens is 2. The van der Waals surface area contributed by atoms with Gasteiger partial charge in [-0.15, -0.1) is 0 Å². The molecular weight excluding hydrogens is 336 g/mol. The first kappa shape index (κ1) is 15.9. The van der Waals surface area contributed by atoms with Crippen molar-refractivity contribution in [2.45, 2.75) is 0 Å². The van der Waals surface area contributed by atoms with Crippen LogP contribution in [0.25, 0.3) is 22.2 Å². The first-order chi connectivity index (χ1) is 13.4. The van der Waals surface area contributed by atoms with Gasteiger partial charge in [0.2, 0.25) is 0 Å². The maximum Gasteiger partial charge on any atom is 0.134 e. The van der Waals surface area contributed by atoms with Crippen molar-refractivity contribution in [1.29, 1.82) is 0 Å². The van der Waals surface area contributed by atoms with Gasteiger partial charge in [0, 0.05) is 61.4 Å². The Kier molecular flexibility index (Phi) is 3.98. The number of pyridine rings is 2. The second-order valence-corrected chi connectivity index (χ2v) is 6.70. The van der Waals surface area contributed by atoms with Crippen LogP contribution < -0.4 is 9.80 Å². The molecule has 5 rings (SSSR count). The van der Waals surface area contributed by atoms with Crippen LogP contribution in [-0.4, -0.2) is 36.1 Å². The molecule has 0 radical (unpaired) electrons. The molecule has 1 aromatic carbocycles. The van der Waals surface area contributed by atoms with Crippen LogP contribution in [0.2, 0.25) is 0 Å². The molecule has 5 nitrogen and oxygen atoms in total. The molecule has 5 heteroatoms. The largest absolute Gasteiger partial charge is 0.464 e.